The van der Waals surface area contributed by atoms with Crippen molar-refractivity contribution in [2.75, 3.05) is 5.32 Å². The van der Waals surface area contributed by atoms with Crippen LogP contribution in [0.25, 0.3) is 10.2 Å². The van der Waals surface area contributed by atoms with Crippen molar-refractivity contribution in [1.82, 2.24) is 9.97 Å². The molecule has 1 aromatic carbocycles. The number of thiophene rings is 1. The topological polar surface area (TPSA) is 57.8 Å². The highest BCUT2D eigenvalue weighted by atomic mass is 32.1. The fraction of sp³-hybridized carbons (Fsp3) is 0.0769. The Balaban J connectivity index is 1.87. The molecule has 8 heteroatoms. The number of aromatic nitrogens is 2. The molecule has 4 nitrogen and oxygen atoms in total. The van der Waals surface area contributed by atoms with Gasteiger partial charge in [-0.1, -0.05) is 0 Å². The van der Waals surface area contributed by atoms with Crippen molar-refractivity contribution < 1.29 is 13.2 Å². The summed E-state index contributed by atoms with van der Waals surface area (Å²) in [5, 5.41) is 4.31. The van der Waals surface area contributed by atoms with Gasteiger partial charge in [-0.2, -0.15) is 0 Å². The van der Waals surface area contributed by atoms with Gasteiger partial charge in [0, 0.05) is 0 Å². The van der Waals surface area contributed by atoms with Crippen molar-refractivity contribution in [2.45, 2.75) is 6.54 Å². The first-order chi connectivity index (χ1) is 10.1. The van der Waals surface area contributed by atoms with Crippen molar-refractivity contribution in [1.29, 1.82) is 0 Å². The van der Waals surface area contributed by atoms with Crippen LogP contribution >= 0.6 is 11.3 Å². The smallest absolute Gasteiger partial charge is 0.268 e. The van der Waals surface area contributed by atoms with E-state index in [1.165, 1.54) is 11.3 Å². The van der Waals surface area contributed by atoms with E-state index < -0.39 is 17.5 Å². The molecule has 21 heavy (non-hydrogen) atoms. The van der Waals surface area contributed by atoms with E-state index >= 15 is 0 Å². The Bertz CT molecular complexity index is 875. The molecule has 0 fully saturated rings. The molecule has 0 unspecified atom stereocenters. The largest absolute Gasteiger partial charge is 0.375 e. The van der Waals surface area contributed by atoms with E-state index in [9.17, 15) is 18.0 Å². The van der Waals surface area contributed by atoms with Crippen LogP contribution in [-0.2, 0) is 6.54 Å². The molecular formula is C13H8F3N3OS. The number of benzene rings is 1. The summed E-state index contributed by atoms with van der Waals surface area (Å²) in [4.78, 5) is 18.5. The molecule has 3 rings (SSSR count). The molecule has 3 aromatic rings. The van der Waals surface area contributed by atoms with Crippen LogP contribution in [0.3, 0.4) is 0 Å². The molecule has 2 N–H and O–H groups in total. The Kier molecular flexibility index (Phi) is 3.38. The van der Waals surface area contributed by atoms with Crippen molar-refractivity contribution in [3.05, 3.63) is 57.2 Å². The summed E-state index contributed by atoms with van der Waals surface area (Å²) in [5.41, 5.74) is 0.0332. The third kappa shape index (κ3) is 2.49. The predicted molar refractivity (Wildman–Crippen MR) is 73.9 cm³/mol. The van der Waals surface area contributed by atoms with Crippen LogP contribution in [0.2, 0.25) is 0 Å². The van der Waals surface area contributed by atoms with Gasteiger partial charge in [0.25, 0.3) is 5.56 Å². The number of H-pyrrole nitrogens is 1. The van der Waals surface area contributed by atoms with Gasteiger partial charge in [0.1, 0.15) is 10.5 Å². The van der Waals surface area contributed by atoms with Crippen LogP contribution < -0.4 is 10.9 Å². The molecule has 108 valence electrons. The zero-order valence-corrected chi connectivity index (χ0v) is 11.2. The van der Waals surface area contributed by atoms with Crippen molar-refractivity contribution in [2.24, 2.45) is 0 Å². The second-order valence-electron chi connectivity index (χ2n) is 4.22. The van der Waals surface area contributed by atoms with Gasteiger partial charge >= 0.3 is 0 Å². The van der Waals surface area contributed by atoms with Gasteiger partial charge in [0.05, 0.1) is 17.7 Å². The molecule has 0 saturated heterocycles. The molecular weight excluding hydrogens is 303 g/mol. The Morgan fingerprint density at radius 1 is 1.19 bits per heavy atom. The molecule has 2 heterocycles. The summed E-state index contributed by atoms with van der Waals surface area (Å²) in [6.45, 7) is -0.0248. The number of hydrogen-bond acceptors (Lipinski definition) is 4. The Hall–Kier alpha value is -2.35. The third-order valence-electron chi connectivity index (χ3n) is 2.85. The summed E-state index contributed by atoms with van der Waals surface area (Å²) in [6.07, 6.45) is 0. The highest BCUT2D eigenvalue weighted by Crippen LogP contribution is 2.20. The van der Waals surface area contributed by atoms with E-state index in [2.05, 4.69) is 15.3 Å². The van der Waals surface area contributed by atoms with Gasteiger partial charge in [0.15, 0.2) is 17.5 Å². The van der Waals surface area contributed by atoms with Crippen molar-refractivity contribution >= 4 is 27.2 Å². The molecule has 0 aliphatic rings. The average Bonchev–Trinajstić information content (AvgIpc) is 2.93. The zero-order chi connectivity index (χ0) is 15.0. The van der Waals surface area contributed by atoms with Crippen LogP contribution in [0.5, 0.6) is 0 Å². The summed E-state index contributed by atoms with van der Waals surface area (Å²) >= 11 is 1.27. The molecule has 0 aliphatic heterocycles. The van der Waals surface area contributed by atoms with E-state index in [4.69, 9.17) is 0 Å². The molecule has 0 saturated carbocycles. The first-order valence-electron chi connectivity index (χ1n) is 5.90. The van der Waals surface area contributed by atoms with E-state index in [-0.39, 0.29) is 23.6 Å². The number of hydrogen-bond donors (Lipinski definition) is 2. The Morgan fingerprint density at radius 3 is 2.81 bits per heavy atom. The molecule has 2 aromatic heterocycles. The van der Waals surface area contributed by atoms with E-state index in [0.717, 1.165) is 12.1 Å². The third-order valence-corrected chi connectivity index (χ3v) is 3.75. The fourth-order valence-electron chi connectivity index (χ4n) is 1.85. The van der Waals surface area contributed by atoms with E-state index in [1.54, 1.807) is 11.4 Å². The highest BCUT2D eigenvalue weighted by Gasteiger charge is 2.13. The first-order valence-corrected chi connectivity index (χ1v) is 6.78. The Labute approximate surface area is 120 Å². The van der Waals surface area contributed by atoms with Crippen molar-refractivity contribution in [3.63, 3.8) is 0 Å². The lowest BCUT2D eigenvalue weighted by molar-refractivity contribution is 0.449. The van der Waals surface area contributed by atoms with Gasteiger partial charge in [-0.25, -0.2) is 18.2 Å². The lowest BCUT2D eigenvalue weighted by Crippen LogP contribution is -2.14. The van der Waals surface area contributed by atoms with Gasteiger partial charge in [-0.05, 0) is 23.6 Å². The summed E-state index contributed by atoms with van der Waals surface area (Å²) in [7, 11) is 0. The normalized spacial score (nSPS) is 11.0. The maximum Gasteiger partial charge on any atom is 0.268 e. The minimum Gasteiger partial charge on any atom is -0.375 e. The first kappa shape index (κ1) is 13.6. The number of halogens is 3. The highest BCUT2D eigenvalue weighted by molar-refractivity contribution is 7.17. The molecule has 0 amide bonds. The van der Waals surface area contributed by atoms with Gasteiger partial charge in [0.2, 0.25) is 0 Å². The number of anilines is 1. The summed E-state index contributed by atoms with van der Waals surface area (Å²) in [6, 6.07) is 3.59. The Morgan fingerprint density at radius 2 is 2.00 bits per heavy atom. The minimum atomic E-state index is -1.55. The van der Waals surface area contributed by atoms with E-state index in [0.29, 0.717) is 10.2 Å². The quantitative estimate of drug-likeness (QED) is 0.731. The monoisotopic (exact) mass is 311 g/mol. The molecule has 0 radical (unpaired) electrons. The minimum absolute atomic E-state index is 0.0248. The van der Waals surface area contributed by atoms with E-state index in [1.807, 2.05) is 0 Å². The average molecular weight is 311 g/mol. The number of nitrogens with zero attached hydrogens (tertiary/aromatic N) is 1. The fourth-order valence-corrected chi connectivity index (χ4v) is 2.57. The number of rotatable bonds is 3. The second-order valence-corrected chi connectivity index (χ2v) is 5.14. The van der Waals surface area contributed by atoms with Gasteiger partial charge < -0.3 is 10.3 Å². The number of fused-ring (bicyclic) bond motifs is 1. The molecule has 0 bridgehead atoms. The van der Waals surface area contributed by atoms with Crippen LogP contribution in [0.4, 0.5) is 18.9 Å². The number of nitrogens with one attached hydrogen (secondary N) is 2. The van der Waals surface area contributed by atoms with Crippen molar-refractivity contribution in [3.8, 4) is 0 Å². The molecule has 0 spiro atoms. The number of aromatic amines is 1. The van der Waals surface area contributed by atoms with Crippen LogP contribution in [-0.4, -0.2) is 9.97 Å². The predicted octanol–water partition coefficient (Wildman–Crippen LogP) is 3.01. The van der Waals surface area contributed by atoms with Gasteiger partial charge in [-0.15, -0.1) is 11.3 Å². The van der Waals surface area contributed by atoms with Gasteiger partial charge in [-0.3, -0.25) is 4.79 Å². The zero-order valence-electron chi connectivity index (χ0n) is 10.4. The lowest BCUT2D eigenvalue weighted by atomic mass is 10.3. The summed E-state index contributed by atoms with van der Waals surface area (Å²) < 4.78 is 39.9. The molecule has 0 aliphatic carbocycles. The second kappa shape index (κ2) is 5.21. The maximum atomic E-state index is 13.5. The lowest BCUT2D eigenvalue weighted by Gasteiger charge is -2.08. The maximum absolute atomic E-state index is 13.5. The van der Waals surface area contributed by atoms with Crippen LogP contribution in [0.1, 0.15) is 5.82 Å². The molecule has 0 atom stereocenters. The van der Waals surface area contributed by atoms with Crippen LogP contribution in [0.15, 0.2) is 28.4 Å². The summed E-state index contributed by atoms with van der Waals surface area (Å²) in [5.74, 6) is -3.84. The standard InChI is InChI=1S/C13H8F3N3OS/c14-6-1-2-7(11(16)10(6)15)17-5-9-18-8-3-4-21-12(8)13(20)19-9/h1-4,17H,5H2,(H,18,19,20). The van der Waals surface area contributed by atoms with Crippen LogP contribution in [0, 0.1) is 17.5 Å². The SMILES string of the molecule is O=c1[nH]c(CNc2ccc(F)c(F)c2F)nc2ccsc12.